The van der Waals surface area contributed by atoms with Gasteiger partial charge in [-0.2, -0.15) is 5.10 Å². The fourth-order valence-electron chi connectivity index (χ4n) is 0.485. The van der Waals surface area contributed by atoms with Crippen molar-refractivity contribution in [1.82, 2.24) is 9.78 Å². The fourth-order valence-corrected chi connectivity index (χ4v) is 0.485. The molecule has 0 atom stereocenters. The van der Waals surface area contributed by atoms with Gasteiger partial charge in [0.05, 0.1) is 19.3 Å². The fraction of sp³-hybridized carbons (Fsp3) is 0.400. The summed E-state index contributed by atoms with van der Waals surface area (Å²) in [6.07, 6.45) is 3.26. The Balaban J connectivity index is 2.50. The van der Waals surface area contributed by atoms with Gasteiger partial charge >= 0.3 is 0 Å². The number of aliphatic hydroxyl groups excluding tert-OH is 1. The van der Waals surface area contributed by atoms with Crippen LogP contribution in [0.4, 0.5) is 0 Å². The molecule has 0 aliphatic carbocycles. The lowest BCUT2D eigenvalue weighted by atomic mass is 10.7. The third-order valence-corrected chi connectivity index (χ3v) is 0.833. The van der Waals surface area contributed by atoms with Crippen LogP contribution in [0.15, 0.2) is 12.4 Å². The summed E-state index contributed by atoms with van der Waals surface area (Å²) in [5, 5.41) is 12.2. The monoisotopic (exact) mass is 111 g/mol. The van der Waals surface area contributed by atoms with Crippen molar-refractivity contribution >= 4 is 0 Å². The van der Waals surface area contributed by atoms with Crippen LogP contribution >= 0.6 is 0 Å². The van der Waals surface area contributed by atoms with E-state index in [2.05, 4.69) is 11.2 Å². The summed E-state index contributed by atoms with van der Waals surface area (Å²) < 4.78 is 1.62. The van der Waals surface area contributed by atoms with Gasteiger partial charge in [0, 0.05) is 12.3 Å². The van der Waals surface area contributed by atoms with Crippen LogP contribution in [0.25, 0.3) is 0 Å². The Labute approximate surface area is 47.6 Å². The Bertz CT molecular complexity index is 136. The van der Waals surface area contributed by atoms with Gasteiger partial charge in [-0.15, -0.1) is 0 Å². The van der Waals surface area contributed by atoms with Crippen LogP contribution in [0.3, 0.4) is 0 Å². The predicted molar refractivity (Wildman–Crippen MR) is 28.1 cm³/mol. The average Bonchev–Trinajstić information content (AvgIpc) is 2.19. The van der Waals surface area contributed by atoms with Gasteiger partial charge in [0.15, 0.2) is 0 Å². The summed E-state index contributed by atoms with van der Waals surface area (Å²) in [5.74, 6) is 0. The van der Waals surface area contributed by atoms with Crippen LogP contribution in [0, 0.1) is 6.07 Å². The van der Waals surface area contributed by atoms with E-state index in [4.69, 9.17) is 5.11 Å². The first-order valence-electron chi connectivity index (χ1n) is 2.43. The van der Waals surface area contributed by atoms with E-state index >= 15 is 0 Å². The summed E-state index contributed by atoms with van der Waals surface area (Å²) in [5.41, 5.74) is 0. The minimum absolute atomic E-state index is 0.134. The van der Waals surface area contributed by atoms with Gasteiger partial charge in [0.2, 0.25) is 0 Å². The SMILES string of the molecule is OCCn1c[c]cn1. The maximum atomic E-state index is 8.36. The van der Waals surface area contributed by atoms with E-state index < -0.39 is 0 Å². The van der Waals surface area contributed by atoms with Crippen LogP contribution in [0.5, 0.6) is 0 Å². The molecule has 0 spiro atoms. The summed E-state index contributed by atoms with van der Waals surface area (Å²) >= 11 is 0. The van der Waals surface area contributed by atoms with Gasteiger partial charge in [0.25, 0.3) is 0 Å². The quantitative estimate of drug-likeness (QED) is 0.567. The highest BCUT2D eigenvalue weighted by Gasteiger charge is 1.83. The summed E-state index contributed by atoms with van der Waals surface area (Å²) in [6.45, 7) is 0.693. The Morgan fingerprint density at radius 1 is 1.75 bits per heavy atom. The van der Waals surface area contributed by atoms with Gasteiger partial charge < -0.3 is 5.11 Å². The lowest BCUT2D eigenvalue weighted by molar-refractivity contribution is 0.269. The van der Waals surface area contributed by atoms with Crippen LogP contribution in [0.1, 0.15) is 0 Å². The van der Waals surface area contributed by atoms with E-state index in [0.29, 0.717) is 6.54 Å². The van der Waals surface area contributed by atoms with Crippen LogP contribution in [-0.4, -0.2) is 21.5 Å². The largest absolute Gasteiger partial charge is 0.394 e. The lowest BCUT2D eigenvalue weighted by Crippen LogP contribution is -2.01. The lowest BCUT2D eigenvalue weighted by Gasteiger charge is -1.92. The maximum Gasteiger partial charge on any atom is 0.0641 e. The molecular weight excluding hydrogens is 104 g/mol. The molecule has 1 aromatic heterocycles. The molecule has 43 valence electrons. The van der Waals surface area contributed by atoms with Crippen molar-refractivity contribution in [2.24, 2.45) is 0 Å². The number of aliphatic hydroxyl groups is 1. The van der Waals surface area contributed by atoms with Gasteiger partial charge in [-0.25, -0.2) is 0 Å². The number of hydrogen-bond donors (Lipinski definition) is 1. The first kappa shape index (κ1) is 5.31. The Kier molecular flexibility index (Phi) is 1.64. The van der Waals surface area contributed by atoms with Crippen molar-refractivity contribution in [3.05, 3.63) is 18.5 Å². The summed E-state index contributed by atoms with van der Waals surface area (Å²) in [6, 6.07) is 2.76. The van der Waals surface area contributed by atoms with Crippen LogP contribution in [0.2, 0.25) is 0 Å². The van der Waals surface area contributed by atoms with Crippen molar-refractivity contribution in [1.29, 1.82) is 0 Å². The molecule has 8 heavy (non-hydrogen) atoms. The molecule has 0 saturated carbocycles. The van der Waals surface area contributed by atoms with Crippen molar-refractivity contribution in [2.75, 3.05) is 6.61 Å². The maximum absolute atomic E-state index is 8.36. The van der Waals surface area contributed by atoms with Crippen LogP contribution < -0.4 is 0 Å². The number of nitrogens with zero attached hydrogens (tertiary/aromatic N) is 2. The molecule has 3 heteroatoms. The minimum Gasteiger partial charge on any atom is -0.394 e. The molecule has 1 radical (unpaired) electrons. The number of rotatable bonds is 2. The first-order chi connectivity index (χ1) is 3.93. The molecule has 0 unspecified atom stereocenters. The average molecular weight is 111 g/mol. The first-order valence-corrected chi connectivity index (χ1v) is 2.43. The second-order valence-electron chi connectivity index (χ2n) is 1.43. The molecule has 0 aromatic carbocycles. The molecular formula is C5H7N2O. The summed E-state index contributed by atoms with van der Waals surface area (Å²) in [4.78, 5) is 0. The molecule has 0 amide bonds. The van der Waals surface area contributed by atoms with E-state index in [9.17, 15) is 0 Å². The molecule has 1 rings (SSSR count). The molecule has 0 fully saturated rings. The Hall–Kier alpha value is -0.830. The molecule has 3 nitrogen and oxygen atoms in total. The molecule has 0 bridgehead atoms. The second kappa shape index (κ2) is 2.47. The molecule has 1 aromatic rings. The highest BCUT2D eigenvalue weighted by Crippen LogP contribution is 1.79. The standard InChI is InChI=1S/C5H7N2O/c8-5-4-7-3-1-2-6-7/h2-3,8H,4-5H2. The van der Waals surface area contributed by atoms with Crippen molar-refractivity contribution in [2.45, 2.75) is 6.54 Å². The molecule has 0 aliphatic rings. The van der Waals surface area contributed by atoms with E-state index in [1.54, 1.807) is 17.1 Å². The van der Waals surface area contributed by atoms with Crippen LogP contribution in [-0.2, 0) is 6.54 Å². The Morgan fingerprint density at radius 3 is 3.12 bits per heavy atom. The van der Waals surface area contributed by atoms with E-state index in [0.717, 1.165) is 0 Å². The predicted octanol–water partition coefficient (Wildman–Crippen LogP) is -0.324. The van der Waals surface area contributed by atoms with E-state index in [1.807, 2.05) is 0 Å². The van der Waals surface area contributed by atoms with Crippen molar-refractivity contribution < 1.29 is 5.11 Å². The molecule has 0 aliphatic heterocycles. The highest BCUT2D eigenvalue weighted by atomic mass is 16.3. The second-order valence-corrected chi connectivity index (χ2v) is 1.43. The third-order valence-electron chi connectivity index (χ3n) is 0.833. The van der Waals surface area contributed by atoms with Gasteiger partial charge in [0.1, 0.15) is 0 Å². The topological polar surface area (TPSA) is 38.0 Å². The van der Waals surface area contributed by atoms with Gasteiger partial charge in [-0.1, -0.05) is 0 Å². The van der Waals surface area contributed by atoms with Crippen molar-refractivity contribution in [3.63, 3.8) is 0 Å². The zero-order chi connectivity index (χ0) is 5.82. The normalized spacial score (nSPS) is 9.62. The smallest absolute Gasteiger partial charge is 0.0641 e. The molecule has 0 saturated heterocycles. The van der Waals surface area contributed by atoms with E-state index in [-0.39, 0.29) is 6.61 Å². The number of hydrogen-bond acceptors (Lipinski definition) is 2. The third kappa shape index (κ3) is 1.07. The number of aromatic nitrogens is 2. The molecule has 1 N–H and O–H groups in total. The zero-order valence-corrected chi connectivity index (χ0v) is 4.41. The van der Waals surface area contributed by atoms with E-state index in [1.165, 1.54) is 0 Å². The summed E-state index contributed by atoms with van der Waals surface area (Å²) in [7, 11) is 0. The van der Waals surface area contributed by atoms with Gasteiger partial charge in [-0.05, 0) is 0 Å². The van der Waals surface area contributed by atoms with Gasteiger partial charge in [-0.3, -0.25) is 4.68 Å². The zero-order valence-electron chi connectivity index (χ0n) is 4.41. The van der Waals surface area contributed by atoms with Crippen molar-refractivity contribution in [3.8, 4) is 0 Å². The minimum atomic E-state index is 0.134. The molecule has 1 heterocycles. The Morgan fingerprint density at radius 2 is 2.62 bits per heavy atom. The highest BCUT2D eigenvalue weighted by molar-refractivity contribution is 4.73.